The van der Waals surface area contributed by atoms with Crippen LogP contribution in [0.4, 0.5) is 18.3 Å². The highest BCUT2D eigenvalue weighted by atomic mass is 35.5. The highest BCUT2D eigenvalue weighted by molar-refractivity contribution is 7.93. The minimum Gasteiger partial charge on any atom is -0.255 e. The van der Waals surface area contributed by atoms with Gasteiger partial charge in [-0.25, -0.2) is 13.4 Å². The van der Waals surface area contributed by atoms with E-state index < -0.39 is 26.7 Å². The molecule has 1 aromatic carbocycles. The molecule has 3 rings (SSSR count). The average molecular weight is 383 g/mol. The van der Waals surface area contributed by atoms with Crippen LogP contribution in [0.2, 0.25) is 5.02 Å². The lowest BCUT2D eigenvalue weighted by Crippen LogP contribution is -2.15. The lowest BCUT2D eigenvalue weighted by molar-refractivity contribution is -0.137. The van der Waals surface area contributed by atoms with Crippen LogP contribution >= 0.6 is 22.9 Å². The molecule has 0 unspecified atom stereocenters. The van der Waals surface area contributed by atoms with Crippen LogP contribution in [0.3, 0.4) is 0 Å². The van der Waals surface area contributed by atoms with Gasteiger partial charge in [0.25, 0.3) is 10.0 Å². The number of anilines is 1. The molecular weight excluding hydrogens is 373 g/mol. The van der Waals surface area contributed by atoms with E-state index in [0.717, 1.165) is 42.0 Å². The second-order valence-corrected chi connectivity index (χ2v) is 8.02. The van der Waals surface area contributed by atoms with Gasteiger partial charge in [-0.05, 0) is 31.0 Å². The Morgan fingerprint density at radius 3 is 2.61 bits per heavy atom. The van der Waals surface area contributed by atoms with E-state index in [0.29, 0.717) is 12.0 Å². The highest BCUT2D eigenvalue weighted by Gasteiger charge is 2.33. The van der Waals surface area contributed by atoms with E-state index >= 15 is 0 Å². The van der Waals surface area contributed by atoms with Crippen molar-refractivity contribution in [2.45, 2.75) is 29.8 Å². The normalized spacial score (nSPS) is 15.7. The summed E-state index contributed by atoms with van der Waals surface area (Å²) in [5, 5.41) is 1.56. The molecule has 124 valence electrons. The second kappa shape index (κ2) is 5.64. The number of benzene rings is 1. The lowest BCUT2D eigenvalue weighted by Gasteiger charge is -2.11. The van der Waals surface area contributed by atoms with Crippen molar-refractivity contribution in [3.8, 4) is 0 Å². The molecule has 0 saturated heterocycles. The fraction of sp³-hybridized carbons (Fsp3) is 0.308. The molecule has 1 saturated carbocycles. The number of thiazole rings is 1. The standard InChI is InChI=1S/C13H10ClF3N2O2S2/c14-9-4-3-8(13(15,16)17)5-11(9)23(20,21)19-12-18-10(6-22-12)7-1-2-7/h3-7H,1-2H2,(H,18,19). The van der Waals surface area contributed by atoms with E-state index in [1.165, 1.54) is 0 Å². The SMILES string of the molecule is O=S(=O)(Nc1nc(C2CC2)cs1)c1cc(C(F)(F)F)ccc1Cl. The van der Waals surface area contributed by atoms with Gasteiger partial charge in [0.2, 0.25) is 0 Å². The second-order valence-electron chi connectivity index (χ2n) is 5.10. The van der Waals surface area contributed by atoms with Crippen LogP contribution in [0, 0.1) is 0 Å². The van der Waals surface area contributed by atoms with Gasteiger partial charge in [-0.2, -0.15) is 13.2 Å². The van der Waals surface area contributed by atoms with Crippen molar-refractivity contribution in [1.82, 2.24) is 4.98 Å². The maximum atomic E-state index is 12.7. The largest absolute Gasteiger partial charge is 0.416 e. The van der Waals surface area contributed by atoms with Crippen molar-refractivity contribution in [3.63, 3.8) is 0 Å². The van der Waals surface area contributed by atoms with Gasteiger partial charge in [0, 0.05) is 11.3 Å². The molecule has 1 aromatic heterocycles. The average Bonchev–Trinajstić information content (AvgIpc) is 3.18. The summed E-state index contributed by atoms with van der Waals surface area (Å²) < 4.78 is 65.0. The van der Waals surface area contributed by atoms with E-state index in [1.807, 2.05) is 0 Å². The number of hydrogen-bond donors (Lipinski definition) is 1. The van der Waals surface area contributed by atoms with E-state index in [1.54, 1.807) is 5.38 Å². The predicted molar refractivity (Wildman–Crippen MR) is 81.4 cm³/mol. The Bertz CT molecular complexity index is 845. The molecule has 1 aliphatic rings. The van der Waals surface area contributed by atoms with Crippen molar-refractivity contribution in [2.24, 2.45) is 0 Å². The van der Waals surface area contributed by atoms with Crippen molar-refractivity contribution < 1.29 is 21.6 Å². The topological polar surface area (TPSA) is 59.1 Å². The number of nitrogens with one attached hydrogen (secondary N) is 1. The van der Waals surface area contributed by atoms with Gasteiger partial charge in [-0.1, -0.05) is 11.6 Å². The fourth-order valence-corrected chi connectivity index (χ4v) is 4.53. The number of nitrogens with zero attached hydrogens (tertiary/aromatic N) is 1. The van der Waals surface area contributed by atoms with Gasteiger partial charge < -0.3 is 0 Å². The van der Waals surface area contributed by atoms with Crippen LogP contribution < -0.4 is 4.72 Å². The Kier molecular flexibility index (Phi) is 4.06. The molecule has 1 fully saturated rings. The third-order valence-corrected chi connectivity index (χ3v) is 6.01. The Morgan fingerprint density at radius 1 is 1.30 bits per heavy atom. The molecule has 10 heteroatoms. The summed E-state index contributed by atoms with van der Waals surface area (Å²) in [4.78, 5) is 3.52. The highest BCUT2D eigenvalue weighted by Crippen LogP contribution is 2.41. The number of hydrogen-bond acceptors (Lipinski definition) is 4. The summed E-state index contributed by atoms with van der Waals surface area (Å²) in [5.74, 6) is 0.349. The first-order valence-electron chi connectivity index (χ1n) is 6.52. The van der Waals surface area contributed by atoms with Gasteiger partial charge in [0.1, 0.15) is 4.90 Å². The van der Waals surface area contributed by atoms with Crippen LogP contribution in [0.25, 0.3) is 0 Å². The Balaban J connectivity index is 1.91. The summed E-state index contributed by atoms with van der Waals surface area (Å²) in [6, 6.07) is 2.16. The molecule has 0 spiro atoms. The molecule has 0 bridgehead atoms. The number of rotatable bonds is 4. The summed E-state index contributed by atoms with van der Waals surface area (Å²) in [6.45, 7) is 0. The fourth-order valence-electron chi connectivity index (χ4n) is 1.96. The van der Waals surface area contributed by atoms with Gasteiger partial charge >= 0.3 is 6.18 Å². The molecule has 0 atom stereocenters. The van der Waals surface area contributed by atoms with Crippen LogP contribution in [0.5, 0.6) is 0 Å². The van der Waals surface area contributed by atoms with Gasteiger partial charge in [-0.15, -0.1) is 11.3 Å². The first-order chi connectivity index (χ1) is 10.7. The van der Waals surface area contributed by atoms with E-state index in [4.69, 9.17) is 11.6 Å². The molecule has 0 radical (unpaired) electrons. The van der Waals surface area contributed by atoms with Crippen LogP contribution in [-0.2, 0) is 16.2 Å². The summed E-state index contributed by atoms with van der Waals surface area (Å²) in [7, 11) is -4.25. The summed E-state index contributed by atoms with van der Waals surface area (Å²) in [5.41, 5.74) is -0.289. The minimum atomic E-state index is -4.66. The lowest BCUT2D eigenvalue weighted by atomic mass is 10.2. The zero-order chi connectivity index (χ0) is 16.8. The molecule has 2 aromatic rings. The molecule has 23 heavy (non-hydrogen) atoms. The Labute approximate surface area is 139 Å². The quantitative estimate of drug-likeness (QED) is 0.847. The van der Waals surface area contributed by atoms with Crippen molar-refractivity contribution in [1.29, 1.82) is 0 Å². The number of aromatic nitrogens is 1. The first kappa shape index (κ1) is 16.5. The summed E-state index contributed by atoms with van der Waals surface area (Å²) in [6.07, 6.45) is -2.64. The van der Waals surface area contributed by atoms with Crippen molar-refractivity contribution >= 4 is 38.1 Å². The smallest absolute Gasteiger partial charge is 0.255 e. The molecule has 0 aliphatic heterocycles. The minimum absolute atomic E-state index is 0.111. The Morgan fingerprint density at radius 2 is 2.00 bits per heavy atom. The van der Waals surface area contributed by atoms with E-state index in [-0.39, 0.29) is 10.2 Å². The number of halogens is 4. The zero-order valence-electron chi connectivity index (χ0n) is 11.4. The Hall–Kier alpha value is -1.32. The molecule has 0 amide bonds. The maximum Gasteiger partial charge on any atom is 0.416 e. The molecular formula is C13H10ClF3N2O2S2. The third-order valence-electron chi connectivity index (χ3n) is 3.29. The van der Waals surface area contributed by atoms with Gasteiger partial charge in [0.15, 0.2) is 5.13 Å². The van der Waals surface area contributed by atoms with Crippen molar-refractivity contribution in [2.75, 3.05) is 4.72 Å². The zero-order valence-corrected chi connectivity index (χ0v) is 13.8. The van der Waals surface area contributed by atoms with Crippen LogP contribution in [0.15, 0.2) is 28.5 Å². The predicted octanol–water partition coefficient (Wildman–Crippen LogP) is 4.49. The van der Waals surface area contributed by atoms with E-state index in [9.17, 15) is 21.6 Å². The van der Waals surface area contributed by atoms with Crippen LogP contribution in [-0.4, -0.2) is 13.4 Å². The van der Waals surface area contributed by atoms with Gasteiger partial charge in [-0.3, -0.25) is 4.72 Å². The molecule has 1 heterocycles. The number of alkyl halides is 3. The first-order valence-corrected chi connectivity index (χ1v) is 9.26. The third kappa shape index (κ3) is 3.61. The monoisotopic (exact) mass is 382 g/mol. The summed E-state index contributed by atoms with van der Waals surface area (Å²) >= 11 is 6.85. The van der Waals surface area contributed by atoms with Crippen molar-refractivity contribution in [3.05, 3.63) is 39.9 Å². The molecule has 1 aliphatic carbocycles. The van der Waals surface area contributed by atoms with Crippen LogP contribution in [0.1, 0.15) is 30.0 Å². The van der Waals surface area contributed by atoms with E-state index in [2.05, 4.69) is 9.71 Å². The molecule has 1 N–H and O–H groups in total. The molecule has 4 nitrogen and oxygen atoms in total. The maximum absolute atomic E-state index is 12.7. The van der Waals surface area contributed by atoms with Gasteiger partial charge in [0.05, 0.1) is 16.3 Å². The number of sulfonamides is 1.